The second kappa shape index (κ2) is 23.4. The van der Waals surface area contributed by atoms with Crippen LogP contribution in [0.15, 0.2) is 0 Å². The largest absolute Gasteiger partial charge is 0.0847 e. The predicted octanol–water partition coefficient (Wildman–Crippen LogP) is 13.6. The van der Waals surface area contributed by atoms with Crippen LogP contribution in [0.3, 0.4) is 0 Å². The molecule has 2 aliphatic carbocycles. The van der Waals surface area contributed by atoms with E-state index in [1.807, 2.05) is 5.92 Å². The van der Waals surface area contributed by atoms with Gasteiger partial charge in [-0.2, -0.15) is 0 Å². The van der Waals surface area contributed by atoms with Gasteiger partial charge >= 0.3 is 0 Å². The first-order chi connectivity index (χ1) is 17.8. The molecular weight excluding hydrogens is 500 g/mol. The lowest BCUT2D eigenvalue weighted by Crippen LogP contribution is -2.30. The van der Waals surface area contributed by atoms with Crippen LogP contribution < -0.4 is 0 Å². The minimum Gasteiger partial charge on any atom is -0.0847 e. The lowest BCUT2D eigenvalue weighted by atomic mass is 9.77. The van der Waals surface area contributed by atoms with Crippen molar-refractivity contribution in [1.29, 1.82) is 0 Å². The van der Waals surface area contributed by atoms with Crippen LogP contribution in [-0.2, 0) is 0 Å². The second-order valence-electron chi connectivity index (χ2n) is 12.8. The Morgan fingerprint density at radius 3 is 0.722 bits per heavy atom. The summed E-state index contributed by atoms with van der Waals surface area (Å²) in [4.78, 5) is 0. The Balaban J connectivity index is 1.83. The summed E-state index contributed by atoms with van der Waals surface area (Å²) in [5.74, 6) is 1.92. The van der Waals surface area contributed by atoms with Gasteiger partial charge in [0.2, 0.25) is 0 Å². The summed E-state index contributed by atoms with van der Waals surface area (Å²) in [6.07, 6.45) is 48.4. The first kappa shape index (κ1) is 32.7. The van der Waals surface area contributed by atoms with E-state index in [4.69, 9.17) is 0 Å². The standard InChI is InChI=1S/C35H66Br/c36-35-32-28-24-20-16-13-11-9-7-5-3-1-2-4-6-8-10-12-14-18-22-26-30-34(35)31-27-23-19-15-17-21-25-29-33-35/h1-33H2. The molecule has 2 saturated carbocycles. The molecular formula is C35H66Br. The van der Waals surface area contributed by atoms with Gasteiger partial charge in [0.25, 0.3) is 0 Å². The van der Waals surface area contributed by atoms with Gasteiger partial charge < -0.3 is 0 Å². The van der Waals surface area contributed by atoms with E-state index in [-0.39, 0.29) is 0 Å². The van der Waals surface area contributed by atoms with Crippen molar-refractivity contribution < 1.29 is 0 Å². The SMILES string of the molecule is BrC12CCCCCCCCCCCCCCCCCCCCCCC[C]1CCCCCCCCCC2. The van der Waals surface area contributed by atoms with Crippen LogP contribution in [0.4, 0.5) is 0 Å². The van der Waals surface area contributed by atoms with Gasteiger partial charge in [-0.25, -0.2) is 0 Å². The number of fused-ring (bicyclic) bond motifs is 1. The summed E-state index contributed by atoms with van der Waals surface area (Å²) >= 11 is 4.46. The molecule has 36 heavy (non-hydrogen) atoms. The molecule has 0 N–H and O–H groups in total. The molecule has 1 unspecified atom stereocenters. The fourth-order valence-electron chi connectivity index (χ4n) is 6.96. The molecule has 213 valence electrons. The smallest absolute Gasteiger partial charge is 0.0320 e. The van der Waals surface area contributed by atoms with Crippen molar-refractivity contribution in [3.8, 4) is 0 Å². The van der Waals surface area contributed by atoms with Crippen molar-refractivity contribution in [1.82, 2.24) is 0 Å². The van der Waals surface area contributed by atoms with Crippen LogP contribution in [0.2, 0.25) is 0 Å². The van der Waals surface area contributed by atoms with E-state index >= 15 is 0 Å². The van der Waals surface area contributed by atoms with Gasteiger partial charge in [0.15, 0.2) is 0 Å². The highest BCUT2D eigenvalue weighted by Crippen LogP contribution is 2.45. The molecule has 0 aromatic heterocycles. The third-order valence-electron chi connectivity index (χ3n) is 9.49. The van der Waals surface area contributed by atoms with Crippen LogP contribution in [-0.4, -0.2) is 4.32 Å². The highest BCUT2D eigenvalue weighted by atomic mass is 79.9. The Morgan fingerprint density at radius 1 is 0.278 bits per heavy atom. The molecule has 2 rings (SSSR count). The van der Waals surface area contributed by atoms with Crippen molar-refractivity contribution in [3.63, 3.8) is 0 Å². The van der Waals surface area contributed by atoms with E-state index in [2.05, 4.69) is 15.9 Å². The minimum atomic E-state index is 0.360. The summed E-state index contributed by atoms with van der Waals surface area (Å²) < 4.78 is 0.360. The van der Waals surface area contributed by atoms with E-state index < -0.39 is 0 Å². The first-order valence-electron chi connectivity index (χ1n) is 17.4. The van der Waals surface area contributed by atoms with Gasteiger partial charge in [0, 0.05) is 4.32 Å². The molecule has 0 bridgehead atoms. The maximum Gasteiger partial charge on any atom is 0.0320 e. The second-order valence-corrected chi connectivity index (χ2v) is 14.3. The highest BCUT2D eigenvalue weighted by Gasteiger charge is 2.35. The van der Waals surface area contributed by atoms with E-state index in [0.717, 1.165) is 0 Å². The van der Waals surface area contributed by atoms with Crippen LogP contribution in [0, 0.1) is 5.92 Å². The third kappa shape index (κ3) is 17.1. The summed E-state index contributed by atoms with van der Waals surface area (Å²) in [5, 5.41) is 0. The van der Waals surface area contributed by atoms with Crippen LogP contribution in [0.5, 0.6) is 0 Å². The molecule has 1 heteroatoms. The Labute approximate surface area is 237 Å². The zero-order chi connectivity index (χ0) is 25.4. The zero-order valence-corrected chi connectivity index (χ0v) is 26.3. The molecule has 0 aliphatic heterocycles. The fraction of sp³-hybridized carbons (Fsp3) is 0.971. The summed E-state index contributed by atoms with van der Waals surface area (Å²) in [5.41, 5.74) is 0. The Morgan fingerprint density at radius 2 is 0.472 bits per heavy atom. The average Bonchev–Trinajstić information content (AvgIpc) is 2.87. The van der Waals surface area contributed by atoms with Gasteiger partial charge in [-0.3, -0.25) is 0 Å². The van der Waals surface area contributed by atoms with Crippen molar-refractivity contribution >= 4 is 15.9 Å². The van der Waals surface area contributed by atoms with Crippen molar-refractivity contribution in [2.45, 2.75) is 216 Å². The summed E-state index contributed by atoms with van der Waals surface area (Å²) in [6.45, 7) is 0. The molecule has 0 aromatic rings. The minimum absolute atomic E-state index is 0.360. The van der Waals surface area contributed by atoms with Crippen LogP contribution in [0.1, 0.15) is 212 Å². The van der Waals surface area contributed by atoms with Crippen LogP contribution in [0.25, 0.3) is 0 Å². The molecule has 0 aromatic carbocycles. The average molecular weight is 567 g/mol. The molecule has 1 atom stereocenters. The number of rotatable bonds is 0. The molecule has 2 fully saturated rings. The molecule has 0 spiro atoms. The lowest BCUT2D eigenvalue weighted by molar-refractivity contribution is 0.404. The van der Waals surface area contributed by atoms with E-state index in [0.29, 0.717) is 4.32 Å². The Bertz CT molecular complexity index is 460. The quantitative estimate of drug-likeness (QED) is 0.256. The Hall–Kier alpha value is 0.480. The van der Waals surface area contributed by atoms with E-state index in [1.54, 1.807) is 0 Å². The van der Waals surface area contributed by atoms with Crippen molar-refractivity contribution in [3.05, 3.63) is 5.92 Å². The number of halogens is 1. The van der Waals surface area contributed by atoms with Gasteiger partial charge in [-0.15, -0.1) is 0 Å². The normalized spacial score (nSPS) is 28.9. The number of hydrogen-bond donors (Lipinski definition) is 0. The van der Waals surface area contributed by atoms with Gasteiger partial charge in [0.1, 0.15) is 0 Å². The molecule has 0 nitrogen and oxygen atoms in total. The molecule has 2 aliphatic rings. The third-order valence-corrected chi connectivity index (χ3v) is 10.8. The van der Waals surface area contributed by atoms with Crippen LogP contribution >= 0.6 is 15.9 Å². The molecule has 0 heterocycles. The fourth-order valence-corrected chi connectivity index (χ4v) is 7.92. The zero-order valence-electron chi connectivity index (χ0n) is 24.7. The Kier molecular flexibility index (Phi) is 21.2. The van der Waals surface area contributed by atoms with Crippen molar-refractivity contribution in [2.24, 2.45) is 0 Å². The topological polar surface area (TPSA) is 0 Å². The first-order valence-corrected chi connectivity index (χ1v) is 18.1. The predicted molar refractivity (Wildman–Crippen MR) is 167 cm³/mol. The molecule has 0 saturated heterocycles. The maximum absolute atomic E-state index is 4.46. The molecule has 1 radical (unpaired) electrons. The van der Waals surface area contributed by atoms with Crippen molar-refractivity contribution in [2.75, 3.05) is 0 Å². The van der Waals surface area contributed by atoms with Gasteiger partial charge in [-0.1, -0.05) is 202 Å². The highest BCUT2D eigenvalue weighted by molar-refractivity contribution is 9.10. The maximum atomic E-state index is 4.46. The number of alkyl halides is 1. The number of hydrogen-bond acceptors (Lipinski definition) is 0. The van der Waals surface area contributed by atoms with Gasteiger partial charge in [0.05, 0.1) is 0 Å². The van der Waals surface area contributed by atoms with E-state index in [9.17, 15) is 0 Å². The monoisotopic (exact) mass is 565 g/mol. The van der Waals surface area contributed by atoms with E-state index in [1.165, 1.54) is 212 Å². The lowest BCUT2D eigenvalue weighted by Gasteiger charge is -2.37. The summed E-state index contributed by atoms with van der Waals surface area (Å²) in [6, 6.07) is 0. The van der Waals surface area contributed by atoms with Gasteiger partial charge in [-0.05, 0) is 31.6 Å². The summed E-state index contributed by atoms with van der Waals surface area (Å²) in [7, 11) is 0. The molecule has 0 amide bonds.